The number of fused-ring (bicyclic) bond motifs is 1. The first kappa shape index (κ1) is 25.2. The van der Waals surface area contributed by atoms with Gasteiger partial charge < -0.3 is 4.98 Å². The quantitative estimate of drug-likeness (QED) is 0.319. The summed E-state index contributed by atoms with van der Waals surface area (Å²) in [6, 6.07) is 26.8. The highest BCUT2D eigenvalue weighted by Gasteiger charge is 2.33. The van der Waals surface area contributed by atoms with Crippen molar-refractivity contribution in [2.75, 3.05) is 13.1 Å². The van der Waals surface area contributed by atoms with Gasteiger partial charge in [-0.15, -0.1) is 5.10 Å². The van der Waals surface area contributed by atoms with E-state index in [-0.39, 0.29) is 11.6 Å². The molecule has 1 N–H and O–H groups in total. The van der Waals surface area contributed by atoms with Gasteiger partial charge in [0.15, 0.2) is 5.82 Å². The van der Waals surface area contributed by atoms with Gasteiger partial charge in [0, 0.05) is 10.9 Å². The Kier molecular flexibility index (Phi) is 7.07. The number of likely N-dealkylation sites (tertiary alicyclic amines) is 1. The number of nitrogens with zero attached hydrogens (tertiary/aromatic N) is 5. The van der Waals surface area contributed by atoms with Crippen LogP contribution in [-0.2, 0) is 13.0 Å². The predicted molar refractivity (Wildman–Crippen MR) is 154 cm³/mol. The molecular formula is C32H34N6O. The monoisotopic (exact) mass is 518 g/mol. The van der Waals surface area contributed by atoms with Gasteiger partial charge in [-0.1, -0.05) is 72.8 Å². The molecule has 3 aromatic carbocycles. The molecule has 1 aliphatic rings. The van der Waals surface area contributed by atoms with E-state index in [1.165, 1.54) is 5.56 Å². The Hall–Kier alpha value is -4.10. The molecule has 198 valence electrons. The van der Waals surface area contributed by atoms with Crippen LogP contribution in [0.3, 0.4) is 0 Å². The Bertz CT molecular complexity index is 1620. The standard InChI is InChI=1S/C32H34N6O/c1-22-13-14-23(2)29-27(22)20-28(32(39)33-29)30(31-34-35-36-38(31)21-26-11-7-4-8-12-26)37-17-15-25(16-18-37)19-24-9-5-3-6-10-24/h3-14,20,25,30H,15-19,21H2,1-2H3,(H,33,39)/t30-/m0/s1. The fourth-order valence-electron chi connectivity index (χ4n) is 5.93. The van der Waals surface area contributed by atoms with E-state index >= 15 is 0 Å². The molecule has 0 aliphatic carbocycles. The molecule has 39 heavy (non-hydrogen) atoms. The van der Waals surface area contributed by atoms with Gasteiger partial charge in [0.2, 0.25) is 0 Å². The first-order valence-electron chi connectivity index (χ1n) is 13.8. The summed E-state index contributed by atoms with van der Waals surface area (Å²) < 4.78 is 1.85. The largest absolute Gasteiger partial charge is 0.321 e. The van der Waals surface area contributed by atoms with Crippen LogP contribution < -0.4 is 5.56 Å². The fraction of sp³-hybridized carbons (Fsp3) is 0.312. The number of hydrogen-bond acceptors (Lipinski definition) is 5. The molecule has 0 unspecified atom stereocenters. The molecule has 1 atom stereocenters. The third-order valence-electron chi connectivity index (χ3n) is 8.13. The lowest BCUT2D eigenvalue weighted by Gasteiger charge is -2.37. The Morgan fingerprint density at radius 3 is 2.28 bits per heavy atom. The first-order valence-corrected chi connectivity index (χ1v) is 13.8. The molecule has 1 aliphatic heterocycles. The highest BCUT2D eigenvalue weighted by atomic mass is 16.1. The van der Waals surface area contributed by atoms with E-state index in [0.717, 1.165) is 59.9 Å². The van der Waals surface area contributed by atoms with Crippen molar-refractivity contribution in [1.82, 2.24) is 30.1 Å². The van der Waals surface area contributed by atoms with Gasteiger partial charge in [0.1, 0.15) is 6.04 Å². The third kappa shape index (κ3) is 5.27. The Morgan fingerprint density at radius 1 is 0.897 bits per heavy atom. The average Bonchev–Trinajstić information content (AvgIpc) is 3.41. The number of tetrazole rings is 1. The summed E-state index contributed by atoms with van der Waals surface area (Å²) in [7, 11) is 0. The minimum Gasteiger partial charge on any atom is -0.321 e. The van der Waals surface area contributed by atoms with Crippen molar-refractivity contribution in [3.8, 4) is 0 Å². The van der Waals surface area contributed by atoms with E-state index in [9.17, 15) is 4.79 Å². The Morgan fingerprint density at radius 2 is 1.56 bits per heavy atom. The van der Waals surface area contributed by atoms with Crippen molar-refractivity contribution in [1.29, 1.82) is 0 Å². The SMILES string of the molecule is Cc1ccc(C)c2[nH]c(=O)c([C@@H](c3nnnn3Cc3ccccc3)N3CCC(Cc4ccccc4)CC3)cc12. The van der Waals surface area contributed by atoms with Gasteiger partial charge in [-0.05, 0) is 90.9 Å². The number of aromatic nitrogens is 5. The summed E-state index contributed by atoms with van der Waals surface area (Å²) in [6.45, 7) is 6.43. The second-order valence-electron chi connectivity index (χ2n) is 10.8. The lowest BCUT2D eigenvalue weighted by atomic mass is 9.88. The number of rotatable bonds is 7. The van der Waals surface area contributed by atoms with Crippen LogP contribution in [-0.4, -0.2) is 43.2 Å². The number of nitrogens with one attached hydrogen (secondary N) is 1. The van der Waals surface area contributed by atoms with E-state index in [0.29, 0.717) is 23.9 Å². The maximum atomic E-state index is 13.7. The summed E-state index contributed by atoms with van der Waals surface area (Å²) in [4.78, 5) is 19.3. The van der Waals surface area contributed by atoms with E-state index < -0.39 is 0 Å². The van der Waals surface area contributed by atoms with Gasteiger partial charge in [-0.3, -0.25) is 9.69 Å². The molecule has 0 saturated carbocycles. The van der Waals surface area contributed by atoms with Crippen LogP contribution in [0.1, 0.15) is 52.5 Å². The van der Waals surface area contributed by atoms with Crippen LogP contribution in [0.2, 0.25) is 0 Å². The number of piperidine rings is 1. The average molecular weight is 519 g/mol. The van der Waals surface area contributed by atoms with Crippen LogP contribution in [0.15, 0.2) is 83.7 Å². The minimum atomic E-state index is -0.338. The van der Waals surface area contributed by atoms with Gasteiger partial charge in [-0.2, -0.15) is 0 Å². The van der Waals surface area contributed by atoms with Gasteiger partial charge in [0.25, 0.3) is 5.56 Å². The van der Waals surface area contributed by atoms with E-state index in [1.807, 2.05) is 29.8 Å². The van der Waals surface area contributed by atoms with Crippen molar-refractivity contribution in [2.45, 2.75) is 45.7 Å². The van der Waals surface area contributed by atoms with E-state index in [2.05, 4.69) is 93.0 Å². The van der Waals surface area contributed by atoms with Crippen molar-refractivity contribution in [3.05, 3.63) is 123 Å². The molecule has 5 aromatic rings. The molecule has 6 rings (SSSR count). The summed E-state index contributed by atoms with van der Waals surface area (Å²) in [5.74, 6) is 1.32. The molecule has 3 heterocycles. The topological polar surface area (TPSA) is 79.7 Å². The van der Waals surface area contributed by atoms with Crippen LogP contribution >= 0.6 is 0 Å². The molecular weight excluding hydrogens is 484 g/mol. The number of aromatic amines is 1. The predicted octanol–water partition coefficient (Wildman–Crippen LogP) is 5.22. The zero-order chi connectivity index (χ0) is 26.8. The molecule has 1 fully saturated rings. The van der Waals surface area contributed by atoms with Crippen molar-refractivity contribution < 1.29 is 0 Å². The number of aryl methyl sites for hydroxylation is 2. The van der Waals surface area contributed by atoms with Crippen LogP contribution in [0.25, 0.3) is 10.9 Å². The van der Waals surface area contributed by atoms with Crippen LogP contribution in [0.4, 0.5) is 0 Å². The molecule has 7 heteroatoms. The first-order chi connectivity index (χ1) is 19.1. The molecule has 7 nitrogen and oxygen atoms in total. The number of benzene rings is 3. The molecule has 2 aromatic heterocycles. The summed E-state index contributed by atoms with van der Waals surface area (Å²) in [6.07, 6.45) is 3.21. The van der Waals surface area contributed by atoms with Gasteiger partial charge >= 0.3 is 0 Å². The minimum absolute atomic E-state index is 0.0816. The zero-order valence-corrected chi connectivity index (χ0v) is 22.5. The zero-order valence-electron chi connectivity index (χ0n) is 22.5. The summed E-state index contributed by atoms with van der Waals surface area (Å²) in [5.41, 5.74) is 6.21. The highest BCUT2D eigenvalue weighted by Crippen LogP contribution is 2.33. The number of hydrogen-bond donors (Lipinski definition) is 1. The van der Waals surface area contributed by atoms with Crippen molar-refractivity contribution in [3.63, 3.8) is 0 Å². The summed E-state index contributed by atoms with van der Waals surface area (Å²) in [5, 5.41) is 14.0. The van der Waals surface area contributed by atoms with Crippen molar-refractivity contribution >= 4 is 10.9 Å². The second kappa shape index (κ2) is 10.9. The van der Waals surface area contributed by atoms with Gasteiger partial charge in [0.05, 0.1) is 12.1 Å². The molecule has 0 radical (unpaired) electrons. The molecule has 1 saturated heterocycles. The fourth-order valence-corrected chi connectivity index (χ4v) is 5.93. The smallest absolute Gasteiger partial charge is 0.253 e. The van der Waals surface area contributed by atoms with Crippen molar-refractivity contribution in [2.24, 2.45) is 5.92 Å². The molecule has 0 amide bonds. The Labute approximate surface area is 228 Å². The number of pyridine rings is 1. The van der Waals surface area contributed by atoms with Gasteiger partial charge in [-0.25, -0.2) is 4.68 Å². The third-order valence-corrected chi connectivity index (χ3v) is 8.13. The summed E-state index contributed by atoms with van der Waals surface area (Å²) >= 11 is 0. The number of H-pyrrole nitrogens is 1. The lowest BCUT2D eigenvalue weighted by molar-refractivity contribution is 0.143. The molecule has 0 spiro atoms. The highest BCUT2D eigenvalue weighted by molar-refractivity contribution is 5.85. The second-order valence-corrected chi connectivity index (χ2v) is 10.8. The lowest BCUT2D eigenvalue weighted by Crippen LogP contribution is -2.41. The normalized spacial score (nSPS) is 15.5. The van der Waals surface area contributed by atoms with E-state index in [4.69, 9.17) is 0 Å². The van der Waals surface area contributed by atoms with Crippen LogP contribution in [0.5, 0.6) is 0 Å². The molecule has 0 bridgehead atoms. The van der Waals surface area contributed by atoms with E-state index in [1.54, 1.807) is 0 Å². The van der Waals surface area contributed by atoms with Crippen LogP contribution in [0, 0.1) is 19.8 Å². The maximum Gasteiger partial charge on any atom is 0.253 e. The Balaban J connectivity index is 1.37. The maximum absolute atomic E-state index is 13.7.